The van der Waals surface area contributed by atoms with Crippen LogP contribution in [0.4, 0.5) is 5.69 Å². The van der Waals surface area contributed by atoms with Gasteiger partial charge in [0.05, 0.1) is 11.1 Å². The van der Waals surface area contributed by atoms with Gasteiger partial charge in [-0.25, -0.2) is 8.42 Å². The van der Waals surface area contributed by atoms with Crippen LogP contribution in [-0.2, 0) is 23.7 Å². The SMILES string of the molecule is Cc1ccc(S(=O)(=O)Nc2ccc(OCc3cnn(C)c3C)cc2)cc1. The first-order chi connectivity index (χ1) is 12.3. The fraction of sp³-hybridized carbons (Fsp3) is 0.211. The van der Waals surface area contributed by atoms with Crippen molar-refractivity contribution in [3.05, 3.63) is 71.5 Å². The zero-order chi connectivity index (χ0) is 18.7. The molecule has 0 unspecified atom stereocenters. The van der Waals surface area contributed by atoms with E-state index in [2.05, 4.69) is 9.82 Å². The third kappa shape index (κ3) is 4.05. The topological polar surface area (TPSA) is 73.2 Å². The monoisotopic (exact) mass is 371 g/mol. The number of nitrogens with one attached hydrogen (secondary N) is 1. The molecule has 0 amide bonds. The van der Waals surface area contributed by atoms with Gasteiger partial charge in [-0.15, -0.1) is 0 Å². The first-order valence-electron chi connectivity index (χ1n) is 8.15. The van der Waals surface area contributed by atoms with Crippen molar-refractivity contribution in [3.63, 3.8) is 0 Å². The molecule has 136 valence electrons. The van der Waals surface area contributed by atoms with Crippen LogP contribution < -0.4 is 9.46 Å². The molecule has 0 saturated carbocycles. The van der Waals surface area contributed by atoms with E-state index >= 15 is 0 Å². The molecule has 3 aromatic rings. The van der Waals surface area contributed by atoms with Crippen LogP contribution in [-0.4, -0.2) is 18.2 Å². The van der Waals surface area contributed by atoms with E-state index in [1.807, 2.05) is 20.9 Å². The number of ether oxygens (including phenoxy) is 1. The number of hydrogen-bond acceptors (Lipinski definition) is 4. The van der Waals surface area contributed by atoms with Crippen molar-refractivity contribution >= 4 is 15.7 Å². The molecule has 0 atom stereocenters. The zero-order valence-electron chi connectivity index (χ0n) is 14.9. The number of hydrogen-bond donors (Lipinski definition) is 1. The summed E-state index contributed by atoms with van der Waals surface area (Å²) in [5.74, 6) is 0.659. The first-order valence-corrected chi connectivity index (χ1v) is 9.63. The largest absolute Gasteiger partial charge is 0.489 e. The third-order valence-electron chi connectivity index (χ3n) is 4.17. The highest BCUT2D eigenvalue weighted by Gasteiger charge is 2.13. The second-order valence-electron chi connectivity index (χ2n) is 6.11. The fourth-order valence-electron chi connectivity index (χ4n) is 2.40. The molecule has 0 radical (unpaired) electrons. The average Bonchev–Trinajstić information content (AvgIpc) is 2.93. The summed E-state index contributed by atoms with van der Waals surface area (Å²) < 4.78 is 34.9. The highest BCUT2D eigenvalue weighted by molar-refractivity contribution is 7.92. The lowest BCUT2D eigenvalue weighted by Crippen LogP contribution is -2.12. The van der Waals surface area contributed by atoms with Gasteiger partial charge >= 0.3 is 0 Å². The summed E-state index contributed by atoms with van der Waals surface area (Å²) in [6, 6.07) is 13.5. The van der Waals surface area contributed by atoms with E-state index in [9.17, 15) is 8.42 Å². The Morgan fingerprint density at radius 3 is 2.27 bits per heavy atom. The summed E-state index contributed by atoms with van der Waals surface area (Å²) in [5, 5.41) is 4.18. The van der Waals surface area contributed by atoms with Gasteiger partial charge in [0.1, 0.15) is 12.4 Å². The van der Waals surface area contributed by atoms with Gasteiger partial charge in [0.25, 0.3) is 10.0 Å². The summed E-state index contributed by atoms with van der Waals surface area (Å²) >= 11 is 0. The summed E-state index contributed by atoms with van der Waals surface area (Å²) in [4.78, 5) is 0.232. The minimum Gasteiger partial charge on any atom is -0.489 e. The van der Waals surface area contributed by atoms with E-state index in [1.165, 1.54) is 0 Å². The molecular weight excluding hydrogens is 350 g/mol. The molecule has 7 heteroatoms. The van der Waals surface area contributed by atoms with Crippen LogP contribution in [0.5, 0.6) is 5.75 Å². The Morgan fingerprint density at radius 1 is 1.04 bits per heavy atom. The highest BCUT2D eigenvalue weighted by Crippen LogP contribution is 2.21. The summed E-state index contributed by atoms with van der Waals surface area (Å²) in [6.45, 7) is 4.30. The highest BCUT2D eigenvalue weighted by atomic mass is 32.2. The molecule has 2 aromatic carbocycles. The van der Waals surface area contributed by atoms with E-state index in [0.717, 1.165) is 16.8 Å². The number of aromatic nitrogens is 2. The molecule has 0 aliphatic rings. The van der Waals surface area contributed by atoms with Crippen LogP contribution in [0, 0.1) is 13.8 Å². The first kappa shape index (κ1) is 18.0. The van der Waals surface area contributed by atoms with Crippen molar-refractivity contribution in [1.29, 1.82) is 0 Å². The predicted octanol–water partition coefficient (Wildman–Crippen LogP) is 3.42. The van der Waals surface area contributed by atoms with Crippen LogP contribution in [0.3, 0.4) is 0 Å². The van der Waals surface area contributed by atoms with Gasteiger partial charge in [-0.05, 0) is 50.2 Å². The van der Waals surface area contributed by atoms with Crippen LogP contribution >= 0.6 is 0 Å². The number of sulfonamides is 1. The molecule has 6 nitrogen and oxygen atoms in total. The van der Waals surface area contributed by atoms with Crippen LogP contribution in [0.2, 0.25) is 0 Å². The maximum Gasteiger partial charge on any atom is 0.261 e. The van der Waals surface area contributed by atoms with Gasteiger partial charge in [0.15, 0.2) is 0 Å². The predicted molar refractivity (Wildman–Crippen MR) is 101 cm³/mol. The Balaban J connectivity index is 1.65. The fourth-order valence-corrected chi connectivity index (χ4v) is 3.46. The standard InChI is InChI=1S/C19H21N3O3S/c1-14-4-10-19(11-5-14)26(23,24)21-17-6-8-18(9-7-17)25-13-16-12-20-22(3)15(16)2/h4-12,21H,13H2,1-3H3. The quantitative estimate of drug-likeness (QED) is 0.721. The number of nitrogens with zero attached hydrogens (tertiary/aromatic N) is 2. The van der Waals surface area contributed by atoms with Gasteiger partial charge < -0.3 is 4.74 Å². The molecule has 0 spiro atoms. The van der Waals surface area contributed by atoms with Gasteiger partial charge in [-0.2, -0.15) is 5.10 Å². The smallest absolute Gasteiger partial charge is 0.261 e. The summed E-state index contributed by atoms with van der Waals surface area (Å²) in [5.41, 5.74) is 3.55. The minimum absolute atomic E-state index is 0.232. The summed E-state index contributed by atoms with van der Waals surface area (Å²) in [6.07, 6.45) is 1.78. The molecule has 1 aromatic heterocycles. The molecule has 0 saturated heterocycles. The number of rotatable bonds is 6. The second-order valence-corrected chi connectivity index (χ2v) is 7.79. The Bertz CT molecular complexity index is 992. The van der Waals surface area contributed by atoms with Gasteiger partial charge in [0, 0.05) is 24.0 Å². The molecule has 0 fully saturated rings. The molecule has 0 bridgehead atoms. The lowest BCUT2D eigenvalue weighted by Gasteiger charge is -2.10. The number of anilines is 1. The zero-order valence-corrected chi connectivity index (χ0v) is 15.7. The molecule has 3 rings (SSSR count). The molecule has 26 heavy (non-hydrogen) atoms. The molecule has 0 aliphatic carbocycles. The van der Waals surface area contributed by atoms with Crippen molar-refractivity contribution in [2.24, 2.45) is 7.05 Å². The van der Waals surface area contributed by atoms with E-state index in [4.69, 9.17) is 4.74 Å². The second kappa shape index (κ2) is 7.21. The molecule has 0 aliphatic heterocycles. The van der Waals surface area contributed by atoms with Crippen molar-refractivity contribution in [3.8, 4) is 5.75 Å². The van der Waals surface area contributed by atoms with Crippen molar-refractivity contribution in [2.75, 3.05) is 4.72 Å². The van der Waals surface area contributed by atoms with E-state index < -0.39 is 10.0 Å². The van der Waals surface area contributed by atoms with Gasteiger partial charge in [-0.3, -0.25) is 9.40 Å². The van der Waals surface area contributed by atoms with E-state index in [1.54, 1.807) is 59.4 Å². The van der Waals surface area contributed by atoms with E-state index in [0.29, 0.717) is 18.0 Å². The Labute approximate surface area is 153 Å². The molecule has 1 heterocycles. The summed E-state index contributed by atoms with van der Waals surface area (Å²) in [7, 11) is -1.72. The van der Waals surface area contributed by atoms with E-state index in [-0.39, 0.29) is 4.90 Å². The Kier molecular flexibility index (Phi) is 4.99. The van der Waals surface area contributed by atoms with Gasteiger partial charge in [0.2, 0.25) is 0 Å². The van der Waals surface area contributed by atoms with Crippen LogP contribution in [0.1, 0.15) is 16.8 Å². The lowest BCUT2D eigenvalue weighted by molar-refractivity contribution is 0.305. The Hall–Kier alpha value is -2.80. The van der Waals surface area contributed by atoms with Crippen molar-refractivity contribution < 1.29 is 13.2 Å². The number of benzene rings is 2. The molecular formula is C19H21N3O3S. The van der Waals surface area contributed by atoms with Crippen LogP contribution in [0.15, 0.2) is 59.6 Å². The third-order valence-corrected chi connectivity index (χ3v) is 5.57. The van der Waals surface area contributed by atoms with Crippen LogP contribution in [0.25, 0.3) is 0 Å². The normalized spacial score (nSPS) is 11.3. The van der Waals surface area contributed by atoms with Crippen molar-refractivity contribution in [1.82, 2.24) is 9.78 Å². The van der Waals surface area contributed by atoms with Crippen molar-refractivity contribution in [2.45, 2.75) is 25.3 Å². The minimum atomic E-state index is -3.60. The Morgan fingerprint density at radius 2 is 1.69 bits per heavy atom. The molecule has 1 N–H and O–H groups in total. The maximum absolute atomic E-state index is 12.4. The average molecular weight is 371 g/mol. The lowest BCUT2D eigenvalue weighted by atomic mass is 10.2. The number of aryl methyl sites for hydroxylation is 2. The maximum atomic E-state index is 12.4. The van der Waals surface area contributed by atoms with Gasteiger partial charge in [-0.1, -0.05) is 17.7 Å².